The van der Waals surface area contributed by atoms with Crippen LogP contribution < -0.4 is 0 Å². The zero-order valence-electron chi connectivity index (χ0n) is 12.7. The Bertz CT molecular complexity index is 492. The normalized spacial score (nSPS) is 14.7. The highest BCUT2D eigenvalue weighted by Crippen LogP contribution is 2.65. The van der Waals surface area contributed by atoms with Gasteiger partial charge in [-0.1, -0.05) is 37.3 Å². The minimum atomic E-state index is -3.90. The highest BCUT2D eigenvalue weighted by Gasteiger charge is 2.52. The fraction of sp³-hybridized carbons (Fsp3) is 0.533. The molecule has 0 spiro atoms. The SMILES string of the molecule is CCOP(=O)(OCC)C(O)(CC(=O)CC)c1ccccc1. The van der Waals surface area contributed by atoms with Crippen molar-refractivity contribution >= 4 is 13.4 Å². The van der Waals surface area contributed by atoms with E-state index in [1.165, 1.54) is 0 Å². The molecule has 0 aromatic heterocycles. The Balaban J connectivity index is 3.35. The van der Waals surface area contributed by atoms with Crippen molar-refractivity contribution in [2.45, 2.75) is 39.0 Å². The molecule has 1 aromatic carbocycles. The molecule has 118 valence electrons. The summed E-state index contributed by atoms with van der Waals surface area (Å²) in [6, 6.07) is 8.43. The molecule has 1 atom stereocenters. The number of rotatable bonds is 9. The van der Waals surface area contributed by atoms with Crippen LogP contribution in [0.3, 0.4) is 0 Å². The summed E-state index contributed by atoms with van der Waals surface area (Å²) in [5.41, 5.74) is 0.358. The van der Waals surface area contributed by atoms with Gasteiger partial charge in [0.25, 0.3) is 0 Å². The first kappa shape index (κ1) is 18.1. The van der Waals surface area contributed by atoms with E-state index in [9.17, 15) is 14.5 Å². The predicted octanol–water partition coefficient (Wildman–Crippen LogP) is 3.47. The molecule has 0 aliphatic carbocycles. The summed E-state index contributed by atoms with van der Waals surface area (Å²) in [7, 11) is -3.90. The molecule has 21 heavy (non-hydrogen) atoms. The molecule has 0 amide bonds. The molecule has 0 aliphatic rings. The number of carbonyl (C=O) groups is 1. The zero-order valence-corrected chi connectivity index (χ0v) is 13.6. The first-order chi connectivity index (χ1) is 9.93. The van der Waals surface area contributed by atoms with E-state index in [0.717, 1.165) is 0 Å². The topological polar surface area (TPSA) is 72.8 Å². The summed E-state index contributed by atoms with van der Waals surface area (Å²) >= 11 is 0. The van der Waals surface area contributed by atoms with Gasteiger partial charge in [-0.2, -0.15) is 0 Å². The van der Waals surface area contributed by atoms with Crippen molar-refractivity contribution in [1.29, 1.82) is 0 Å². The molecule has 1 unspecified atom stereocenters. The molecule has 1 aromatic rings. The second-order valence-electron chi connectivity index (χ2n) is 4.58. The third kappa shape index (κ3) is 4.01. The average Bonchev–Trinajstić information content (AvgIpc) is 2.48. The molecule has 1 rings (SSSR count). The van der Waals surface area contributed by atoms with Gasteiger partial charge in [0.05, 0.1) is 19.6 Å². The average molecular weight is 314 g/mol. The van der Waals surface area contributed by atoms with Gasteiger partial charge in [-0.25, -0.2) is 0 Å². The standard InChI is InChI=1S/C15H23O5P/c1-4-14(16)12-15(17,13-10-8-7-9-11-13)21(18,19-5-2)20-6-3/h7-11,17H,4-6,12H2,1-3H3. The lowest BCUT2D eigenvalue weighted by atomic mass is 10.0. The third-order valence-electron chi connectivity index (χ3n) is 3.13. The molecule has 6 heteroatoms. The van der Waals surface area contributed by atoms with Gasteiger partial charge in [-0.15, -0.1) is 0 Å². The van der Waals surface area contributed by atoms with Crippen LogP contribution in [0.5, 0.6) is 0 Å². The lowest BCUT2D eigenvalue weighted by Crippen LogP contribution is -2.31. The number of benzene rings is 1. The van der Waals surface area contributed by atoms with Crippen molar-refractivity contribution in [3.63, 3.8) is 0 Å². The number of aliphatic hydroxyl groups is 1. The molecule has 0 saturated carbocycles. The van der Waals surface area contributed by atoms with E-state index >= 15 is 0 Å². The highest BCUT2D eigenvalue weighted by molar-refractivity contribution is 7.55. The lowest BCUT2D eigenvalue weighted by Gasteiger charge is -2.34. The molecule has 0 heterocycles. The molecule has 1 N–H and O–H groups in total. The van der Waals surface area contributed by atoms with Crippen LogP contribution in [-0.4, -0.2) is 24.1 Å². The van der Waals surface area contributed by atoms with E-state index in [1.54, 1.807) is 51.1 Å². The number of carbonyl (C=O) groups excluding carboxylic acids is 1. The summed E-state index contributed by atoms with van der Waals surface area (Å²) in [6.45, 7) is 5.26. The second-order valence-corrected chi connectivity index (χ2v) is 6.84. The number of hydrogen-bond donors (Lipinski definition) is 1. The summed E-state index contributed by atoms with van der Waals surface area (Å²) < 4.78 is 23.6. The summed E-state index contributed by atoms with van der Waals surface area (Å²) in [6.07, 6.45) is -0.0574. The van der Waals surface area contributed by atoms with Crippen molar-refractivity contribution < 1.29 is 23.5 Å². The molecule has 0 bridgehead atoms. The molecular weight excluding hydrogens is 291 g/mol. The molecule has 5 nitrogen and oxygen atoms in total. The quantitative estimate of drug-likeness (QED) is 0.707. The van der Waals surface area contributed by atoms with Crippen LogP contribution in [0.4, 0.5) is 0 Å². The van der Waals surface area contributed by atoms with Crippen molar-refractivity contribution in [2.24, 2.45) is 0 Å². The van der Waals surface area contributed by atoms with E-state index in [0.29, 0.717) is 5.56 Å². The Morgan fingerprint density at radius 2 is 1.67 bits per heavy atom. The van der Waals surface area contributed by atoms with Gasteiger partial charge in [0, 0.05) is 6.42 Å². The van der Waals surface area contributed by atoms with Crippen molar-refractivity contribution in [1.82, 2.24) is 0 Å². The van der Waals surface area contributed by atoms with Crippen LogP contribution in [-0.2, 0) is 23.7 Å². The Labute approximate surface area is 125 Å². The van der Waals surface area contributed by atoms with Crippen molar-refractivity contribution in [3.8, 4) is 0 Å². The first-order valence-electron chi connectivity index (χ1n) is 7.12. The smallest absolute Gasteiger partial charge is 0.366 e. The minimum Gasteiger partial charge on any atom is -0.373 e. The Kier molecular flexibility index (Phi) is 6.75. The lowest BCUT2D eigenvalue weighted by molar-refractivity contribution is -0.122. The summed E-state index contributed by atoms with van der Waals surface area (Å²) in [4.78, 5) is 11.9. The fourth-order valence-corrected chi connectivity index (χ4v) is 4.07. The molecule has 0 radical (unpaired) electrons. The maximum Gasteiger partial charge on any atom is 0.366 e. The Hall–Kier alpha value is -1.00. The number of ketones is 1. The summed E-state index contributed by atoms with van der Waals surface area (Å²) in [5.74, 6) is -0.207. The number of hydrogen-bond acceptors (Lipinski definition) is 5. The van der Waals surface area contributed by atoms with Crippen LogP contribution in [0.2, 0.25) is 0 Å². The van der Waals surface area contributed by atoms with Crippen LogP contribution >= 0.6 is 7.60 Å². The number of Topliss-reactive ketones (excluding diaryl/α,β-unsaturated/α-hetero) is 1. The highest BCUT2D eigenvalue weighted by atomic mass is 31.2. The van der Waals surface area contributed by atoms with Gasteiger partial charge in [0.1, 0.15) is 5.78 Å². The van der Waals surface area contributed by atoms with Crippen LogP contribution in [0.15, 0.2) is 30.3 Å². The van der Waals surface area contributed by atoms with Gasteiger partial charge < -0.3 is 14.2 Å². The van der Waals surface area contributed by atoms with E-state index in [4.69, 9.17) is 9.05 Å². The van der Waals surface area contributed by atoms with E-state index in [-0.39, 0.29) is 31.8 Å². The van der Waals surface area contributed by atoms with Gasteiger partial charge in [-0.3, -0.25) is 9.36 Å². The Morgan fingerprint density at radius 3 is 2.10 bits per heavy atom. The van der Waals surface area contributed by atoms with E-state index in [2.05, 4.69) is 0 Å². The minimum absolute atomic E-state index is 0.118. The third-order valence-corrected chi connectivity index (χ3v) is 5.64. The van der Waals surface area contributed by atoms with Crippen LogP contribution in [0.25, 0.3) is 0 Å². The largest absolute Gasteiger partial charge is 0.373 e. The van der Waals surface area contributed by atoms with Crippen molar-refractivity contribution in [3.05, 3.63) is 35.9 Å². The van der Waals surface area contributed by atoms with E-state index < -0.39 is 12.9 Å². The fourth-order valence-electron chi connectivity index (χ4n) is 2.05. The molecular formula is C15H23O5P. The van der Waals surface area contributed by atoms with Gasteiger partial charge in [0.15, 0.2) is 5.34 Å². The van der Waals surface area contributed by atoms with Crippen molar-refractivity contribution in [2.75, 3.05) is 13.2 Å². The second kappa shape index (κ2) is 7.85. The zero-order chi connectivity index (χ0) is 15.9. The van der Waals surface area contributed by atoms with E-state index in [1.807, 2.05) is 0 Å². The molecule has 0 fully saturated rings. The molecule has 0 aliphatic heterocycles. The Morgan fingerprint density at radius 1 is 1.14 bits per heavy atom. The summed E-state index contributed by atoms with van der Waals surface area (Å²) in [5, 5.41) is 9.07. The van der Waals surface area contributed by atoms with Crippen LogP contribution in [0.1, 0.15) is 39.2 Å². The van der Waals surface area contributed by atoms with Gasteiger partial charge in [-0.05, 0) is 19.4 Å². The van der Waals surface area contributed by atoms with Gasteiger partial charge in [0.2, 0.25) is 0 Å². The van der Waals surface area contributed by atoms with Gasteiger partial charge >= 0.3 is 7.60 Å². The first-order valence-corrected chi connectivity index (χ1v) is 8.66. The predicted molar refractivity (Wildman–Crippen MR) is 81.1 cm³/mol. The molecule has 0 saturated heterocycles. The van der Waals surface area contributed by atoms with Crippen LogP contribution in [0, 0.1) is 0 Å². The maximum absolute atomic E-state index is 13.0. The maximum atomic E-state index is 13.0. The monoisotopic (exact) mass is 314 g/mol.